The molecule has 0 atom stereocenters. The predicted molar refractivity (Wildman–Crippen MR) is 78.6 cm³/mol. The zero-order valence-corrected chi connectivity index (χ0v) is 12.0. The quantitative estimate of drug-likeness (QED) is 0.728. The van der Waals surface area contributed by atoms with E-state index in [1.165, 1.54) is 11.1 Å². The summed E-state index contributed by atoms with van der Waals surface area (Å²) in [5, 5.41) is 8.06. The van der Waals surface area contributed by atoms with Gasteiger partial charge in [-0.3, -0.25) is 5.10 Å². The number of furan rings is 1. The molecule has 0 bridgehead atoms. The van der Waals surface area contributed by atoms with Crippen molar-refractivity contribution in [3.8, 4) is 0 Å². The van der Waals surface area contributed by atoms with E-state index in [4.69, 9.17) is 4.42 Å². The number of nitrogens with one attached hydrogen (secondary N) is 1. The van der Waals surface area contributed by atoms with Gasteiger partial charge in [-0.2, -0.15) is 5.10 Å². The number of hydrogen-bond acceptors (Lipinski definition) is 4. The van der Waals surface area contributed by atoms with E-state index in [2.05, 4.69) is 34.2 Å². The number of aryl methyl sites for hydroxylation is 1. The normalized spacial score (nSPS) is 10.8. The van der Waals surface area contributed by atoms with Gasteiger partial charge in [0.2, 0.25) is 0 Å². The van der Waals surface area contributed by atoms with Crippen molar-refractivity contribution in [2.75, 3.05) is 0 Å². The van der Waals surface area contributed by atoms with Gasteiger partial charge >= 0.3 is 0 Å². The van der Waals surface area contributed by atoms with Crippen molar-refractivity contribution in [3.05, 3.63) is 65.4 Å². The summed E-state index contributed by atoms with van der Waals surface area (Å²) in [4.78, 5) is 4.50. The standard InChI is InChI=1S/C15H15N3OS/c1-11-5-2-3-6-12(11)9-14-16-15(18-17-14)20-10-13-7-4-8-19-13/h2-8H,9-10H2,1H3,(H,16,17,18). The van der Waals surface area contributed by atoms with E-state index >= 15 is 0 Å². The summed E-state index contributed by atoms with van der Waals surface area (Å²) < 4.78 is 5.29. The lowest BCUT2D eigenvalue weighted by atomic mass is 10.1. The molecule has 0 aliphatic rings. The van der Waals surface area contributed by atoms with Crippen LogP contribution >= 0.6 is 11.8 Å². The number of aromatic nitrogens is 3. The van der Waals surface area contributed by atoms with Gasteiger partial charge in [0.15, 0.2) is 11.0 Å². The van der Waals surface area contributed by atoms with E-state index < -0.39 is 0 Å². The van der Waals surface area contributed by atoms with Crippen LogP contribution in [0, 0.1) is 6.92 Å². The average molecular weight is 285 g/mol. The van der Waals surface area contributed by atoms with E-state index in [1.807, 2.05) is 24.3 Å². The molecule has 0 aliphatic heterocycles. The Kier molecular flexibility index (Phi) is 3.87. The molecule has 3 aromatic rings. The molecule has 1 aromatic carbocycles. The highest BCUT2D eigenvalue weighted by molar-refractivity contribution is 7.98. The van der Waals surface area contributed by atoms with Crippen LogP contribution in [-0.4, -0.2) is 15.2 Å². The monoisotopic (exact) mass is 285 g/mol. The van der Waals surface area contributed by atoms with Crippen molar-refractivity contribution >= 4 is 11.8 Å². The van der Waals surface area contributed by atoms with Crippen LogP contribution in [-0.2, 0) is 12.2 Å². The minimum atomic E-state index is 0.754. The number of benzene rings is 1. The third-order valence-electron chi connectivity index (χ3n) is 3.05. The zero-order valence-electron chi connectivity index (χ0n) is 11.2. The van der Waals surface area contributed by atoms with E-state index in [0.29, 0.717) is 0 Å². The van der Waals surface area contributed by atoms with Gasteiger partial charge in [0.1, 0.15) is 5.76 Å². The van der Waals surface area contributed by atoms with Gasteiger partial charge in [-0.15, -0.1) is 0 Å². The molecule has 4 nitrogen and oxygen atoms in total. The minimum Gasteiger partial charge on any atom is -0.468 e. The first kappa shape index (κ1) is 13.0. The molecular weight excluding hydrogens is 270 g/mol. The molecule has 2 heterocycles. The van der Waals surface area contributed by atoms with E-state index in [0.717, 1.165) is 28.9 Å². The second kappa shape index (κ2) is 5.96. The van der Waals surface area contributed by atoms with Gasteiger partial charge in [-0.05, 0) is 30.2 Å². The number of thioether (sulfide) groups is 1. The average Bonchev–Trinajstić information content (AvgIpc) is 3.10. The highest BCUT2D eigenvalue weighted by Gasteiger charge is 2.07. The lowest BCUT2D eigenvalue weighted by Crippen LogP contribution is -1.93. The van der Waals surface area contributed by atoms with Gasteiger partial charge < -0.3 is 4.42 Å². The van der Waals surface area contributed by atoms with Crippen LogP contribution in [0.2, 0.25) is 0 Å². The fourth-order valence-corrected chi connectivity index (χ4v) is 2.66. The Balaban J connectivity index is 1.63. The molecular formula is C15H15N3OS. The Labute approximate surface area is 121 Å². The largest absolute Gasteiger partial charge is 0.468 e. The molecule has 5 heteroatoms. The number of rotatable bonds is 5. The molecule has 0 saturated heterocycles. The van der Waals surface area contributed by atoms with Crippen molar-refractivity contribution in [2.24, 2.45) is 0 Å². The third kappa shape index (κ3) is 3.11. The first-order valence-corrected chi connectivity index (χ1v) is 7.41. The summed E-state index contributed by atoms with van der Waals surface area (Å²) in [6.45, 7) is 2.11. The molecule has 20 heavy (non-hydrogen) atoms. The zero-order chi connectivity index (χ0) is 13.8. The highest BCUT2D eigenvalue weighted by atomic mass is 32.2. The fraction of sp³-hybridized carbons (Fsp3) is 0.200. The fourth-order valence-electron chi connectivity index (χ4n) is 1.94. The Morgan fingerprint density at radius 2 is 2.10 bits per heavy atom. The maximum absolute atomic E-state index is 5.29. The number of aromatic amines is 1. The summed E-state index contributed by atoms with van der Waals surface area (Å²) >= 11 is 1.59. The Bertz CT molecular complexity index is 676. The molecule has 102 valence electrons. The molecule has 0 fully saturated rings. The van der Waals surface area contributed by atoms with E-state index in [1.54, 1.807) is 18.0 Å². The number of H-pyrrole nitrogens is 1. The van der Waals surface area contributed by atoms with Crippen LogP contribution in [0.25, 0.3) is 0 Å². The van der Waals surface area contributed by atoms with Gasteiger partial charge in [0, 0.05) is 6.42 Å². The lowest BCUT2D eigenvalue weighted by molar-refractivity contribution is 0.530. The second-order valence-corrected chi connectivity index (χ2v) is 5.49. The number of nitrogens with zero attached hydrogens (tertiary/aromatic N) is 2. The SMILES string of the molecule is Cc1ccccc1Cc1n[nH]c(SCc2ccco2)n1. The molecule has 0 radical (unpaired) electrons. The highest BCUT2D eigenvalue weighted by Crippen LogP contribution is 2.20. The maximum Gasteiger partial charge on any atom is 0.184 e. The summed E-state index contributed by atoms with van der Waals surface area (Å²) in [6, 6.07) is 12.1. The summed E-state index contributed by atoms with van der Waals surface area (Å²) in [5.74, 6) is 2.51. The van der Waals surface area contributed by atoms with Crippen LogP contribution < -0.4 is 0 Å². The summed E-state index contributed by atoms with van der Waals surface area (Å²) in [5.41, 5.74) is 2.52. The first-order valence-electron chi connectivity index (χ1n) is 6.42. The Morgan fingerprint density at radius 1 is 1.20 bits per heavy atom. The molecule has 0 aliphatic carbocycles. The van der Waals surface area contributed by atoms with Crippen LogP contribution in [0.15, 0.2) is 52.2 Å². The van der Waals surface area contributed by atoms with Gasteiger partial charge in [0.05, 0.1) is 12.0 Å². The Hall–Kier alpha value is -2.01. The minimum absolute atomic E-state index is 0.754. The lowest BCUT2D eigenvalue weighted by Gasteiger charge is -2.01. The second-order valence-electron chi connectivity index (χ2n) is 4.53. The van der Waals surface area contributed by atoms with Crippen LogP contribution in [0.3, 0.4) is 0 Å². The number of hydrogen-bond donors (Lipinski definition) is 1. The van der Waals surface area contributed by atoms with Crippen LogP contribution in [0.4, 0.5) is 0 Å². The molecule has 3 rings (SSSR count). The maximum atomic E-state index is 5.29. The summed E-state index contributed by atoms with van der Waals surface area (Å²) in [7, 11) is 0. The van der Waals surface area contributed by atoms with Crippen molar-refractivity contribution in [2.45, 2.75) is 24.3 Å². The van der Waals surface area contributed by atoms with Crippen LogP contribution in [0.5, 0.6) is 0 Å². The predicted octanol–water partition coefficient (Wildman–Crippen LogP) is 3.59. The molecule has 1 N–H and O–H groups in total. The van der Waals surface area contributed by atoms with Crippen molar-refractivity contribution < 1.29 is 4.42 Å². The van der Waals surface area contributed by atoms with Gasteiger partial charge in [-0.25, -0.2) is 4.98 Å². The molecule has 0 spiro atoms. The molecule has 0 amide bonds. The van der Waals surface area contributed by atoms with Crippen molar-refractivity contribution in [1.29, 1.82) is 0 Å². The topological polar surface area (TPSA) is 54.7 Å². The Morgan fingerprint density at radius 3 is 2.90 bits per heavy atom. The molecule has 0 unspecified atom stereocenters. The van der Waals surface area contributed by atoms with Crippen molar-refractivity contribution in [3.63, 3.8) is 0 Å². The van der Waals surface area contributed by atoms with Gasteiger partial charge in [0.25, 0.3) is 0 Å². The first-order chi connectivity index (χ1) is 9.81. The molecule has 0 saturated carbocycles. The van der Waals surface area contributed by atoms with Crippen molar-refractivity contribution in [1.82, 2.24) is 15.2 Å². The smallest absolute Gasteiger partial charge is 0.184 e. The van der Waals surface area contributed by atoms with E-state index in [9.17, 15) is 0 Å². The summed E-state index contributed by atoms with van der Waals surface area (Å²) in [6.07, 6.45) is 2.43. The third-order valence-corrected chi connectivity index (χ3v) is 3.94. The van der Waals surface area contributed by atoms with Gasteiger partial charge in [-0.1, -0.05) is 36.0 Å². The molecule has 2 aromatic heterocycles. The van der Waals surface area contributed by atoms with Crippen LogP contribution in [0.1, 0.15) is 22.7 Å². The van der Waals surface area contributed by atoms with E-state index in [-0.39, 0.29) is 0 Å².